The molecular weight excluding hydrogens is 416 g/mol. The highest BCUT2D eigenvalue weighted by Gasteiger charge is 2.39. The Labute approximate surface area is 118 Å². The van der Waals surface area contributed by atoms with Crippen LogP contribution in [0.15, 0.2) is 12.1 Å². The van der Waals surface area contributed by atoms with E-state index in [1.165, 1.54) is 6.07 Å². The first-order chi connectivity index (χ1) is 7.82. The third-order valence-electron chi connectivity index (χ3n) is 2.02. The van der Waals surface area contributed by atoms with E-state index in [4.69, 9.17) is 4.74 Å². The fraction of sp³-hybridized carbons (Fsp3) is 0.300. The highest BCUT2D eigenvalue weighted by Crippen LogP contribution is 2.41. The van der Waals surface area contributed by atoms with E-state index in [0.717, 1.165) is 13.2 Å². The van der Waals surface area contributed by atoms with E-state index in [1.807, 2.05) is 0 Å². The summed E-state index contributed by atoms with van der Waals surface area (Å²) in [7, 11) is 1.15. The Bertz CT molecular complexity index is 446. The van der Waals surface area contributed by atoms with Crippen LogP contribution in [-0.4, -0.2) is 18.2 Å². The van der Waals surface area contributed by atoms with Crippen molar-refractivity contribution in [3.63, 3.8) is 0 Å². The van der Waals surface area contributed by atoms with Gasteiger partial charge in [-0.15, -0.1) is 0 Å². The van der Waals surface area contributed by atoms with Crippen LogP contribution in [0.25, 0.3) is 0 Å². The summed E-state index contributed by atoms with van der Waals surface area (Å²) >= 11 is 4.59. The molecule has 1 aromatic rings. The molecule has 0 amide bonds. The summed E-state index contributed by atoms with van der Waals surface area (Å²) in [6.07, 6.45) is -4.63. The van der Waals surface area contributed by atoms with Crippen molar-refractivity contribution in [3.05, 3.63) is 26.8 Å². The molecule has 0 saturated heterocycles. The van der Waals surface area contributed by atoms with Crippen LogP contribution in [0.3, 0.4) is 0 Å². The van der Waals surface area contributed by atoms with Gasteiger partial charge in [0.15, 0.2) is 5.78 Å². The third-order valence-corrected chi connectivity index (χ3v) is 3.38. The lowest BCUT2D eigenvalue weighted by atomic mass is 10.0. The molecule has 0 aromatic heterocycles. The van der Waals surface area contributed by atoms with E-state index in [-0.39, 0.29) is 16.6 Å². The standard InChI is InChI=1S/C10H7BrF3IO2/c1-17-9-6(15)3-2-5(7(16)4-11)8(9)10(12,13)14/h2-3H,4H2,1H3. The highest BCUT2D eigenvalue weighted by atomic mass is 127. The Hall–Kier alpha value is -0.310. The normalized spacial score (nSPS) is 11.4. The lowest BCUT2D eigenvalue weighted by molar-refractivity contribution is -0.139. The molecule has 1 aromatic carbocycles. The van der Waals surface area contributed by atoms with Gasteiger partial charge >= 0.3 is 6.18 Å². The number of ketones is 1. The zero-order valence-corrected chi connectivity index (χ0v) is 12.3. The van der Waals surface area contributed by atoms with Gasteiger partial charge in [0.1, 0.15) is 11.3 Å². The maximum atomic E-state index is 12.9. The van der Waals surface area contributed by atoms with Crippen LogP contribution >= 0.6 is 38.5 Å². The lowest BCUT2D eigenvalue weighted by Crippen LogP contribution is -2.16. The van der Waals surface area contributed by atoms with E-state index in [1.54, 1.807) is 22.6 Å². The van der Waals surface area contributed by atoms with Gasteiger partial charge < -0.3 is 4.74 Å². The fourth-order valence-electron chi connectivity index (χ4n) is 1.34. The zero-order chi connectivity index (χ0) is 13.2. The topological polar surface area (TPSA) is 26.3 Å². The minimum Gasteiger partial charge on any atom is -0.495 e. The lowest BCUT2D eigenvalue weighted by Gasteiger charge is -2.16. The Kier molecular flexibility index (Phi) is 4.82. The summed E-state index contributed by atoms with van der Waals surface area (Å²) in [5.74, 6) is -0.947. The van der Waals surface area contributed by atoms with Gasteiger partial charge in [-0.1, -0.05) is 15.9 Å². The summed E-state index contributed by atoms with van der Waals surface area (Å²) in [5.41, 5.74) is -1.40. The number of methoxy groups -OCH3 is 1. The predicted molar refractivity (Wildman–Crippen MR) is 68.8 cm³/mol. The van der Waals surface area contributed by atoms with Crippen molar-refractivity contribution < 1.29 is 22.7 Å². The van der Waals surface area contributed by atoms with Crippen molar-refractivity contribution in [2.45, 2.75) is 6.18 Å². The summed E-state index contributed by atoms with van der Waals surface area (Å²) in [5, 5.41) is -0.167. The predicted octanol–water partition coefficient (Wildman–Crippen LogP) is 3.90. The molecule has 0 aliphatic rings. The van der Waals surface area contributed by atoms with Gasteiger partial charge in [0.25, 0.3) is 0 Å². The molecule has 0 aliphatic heterocycles. The summed E-state index contributed by atoms with van der Waals surface area (Å²) < 4.78 is 43.8. The largest absolute Gasteiger partial charge is 0.495 e. The van der Waals surface area contributed by atoms with Gasteiger partial charge in [-0.05, 0) is 34.7 Å². The molecule has 0 fully saturated rings. The Morgan fingerprint density at radius 1 is 1.47 bits per heavy atom. The van der Waals surface area contributed by atoms with E-state index in [2.05, 4.69) is 15.9 Å². The number of benzene rings is 1. The minimum absolute atomic E-state index is 0.167. The van der Waals surface area contributed by atoms with Gasteiger partial charge in [-0.3, -0.25) is 4.79 Å². The highest BCUT2D eigenvalue weighted by molar-refractivity contribution is 14.1. The quantitative estimate of drug-likeness (QED) is 0.419. The number of ether oxygens (including phenoxy) is 1. The van der Waals surface area contributed by atoms with Gasteiger partial charge in [0.05, 0.1) is 16.0 Å². The molecule has 0 heterocycles. The van der Waals surface area contributed by atoms with Gasteiger partial charge in [0.2, 0.25) is 0 Å². The second-order valence-electron chi connectivity index (χ2n) is 3.06. The fourth-order valence-corrected chi connectivity index (χ4v) is 2.31. The van der Waals surface area contributed by atoms with E-state index < -0.39 is 17.5 Å². The molecule has 17 heavy (non-hydrogen) atoms. The van der Waals surface area contributed by atoms with Crippen molar-refractivity contribution >= 4 is 44.3 Å². The average Bonchev–Trinajstić information content (AvgIpc) is 2.26. The second kappa shape index (κ2) is 5.55. The SMILES string of the molecule is COc1c(I)ccc(C(=O)CBr)c1C(F)(F)F. The van der Waals surface area contributed by atoms with E-state index in [9.17, 15) is 18.0 Å². The molecule has 0 bridgehead atoms. The number of rotatable bonds is 3. The second-order valence-corrected chi connectivity index (χ2v) is 4.78. The van der Waals surface area contributed by atoms with Crippen LogP contribution in [0.5, 0.6) is 5.75 Å². The summed E-state index contributed by atoms with van der Waals surface area (Å²) in [6.45, 7) is 0. The van der Waals surface area contributed by atoms with E-state index >= 15 is 0 Å². The number of carbonyl (C=O) groups is 1. The number of hydrogen-bond acceptors (Lipinski definition) is 2. The van der Waals surface area contributed by atoms with Crippen LogP contribution in [-0.2, 0) is 6.18 Å². The first-order valence-corrected chi connectivity index (χ1v) is 6.55. The van der Waals surface area contributed by atoms with Gasteiger partial charge in [0, 0.05) is 5.56 Å². The smallest absolute Gasteiger partial charge is 0.420 e. The molecule has 0 unspecified atom stereocenters. The van der Waals surface area contributed by atoms with Crippen LogP contribution in [0.1, 0.15) is 15.9 Å². The molecule has 0 N–H and O–H groups in total. The first-order valence-electron chi connectivity index (χ1n) is 4.35. The summed E-state index contributed by atoms with van der Waals surface area (Å²) in [6, 6.07) is 2.58. The summed E-state index contributed by atoms with van der Waals surface area (Å²) in [4.78, 5) is 11.5. The van der Waals surface area contributed by atoms with Crippen LogP contribution < -0.4 is 4.74 Å². The molecule has 0 aliphatic carbocycles. The van der Waals surface area contributed by atoms with Gasteiger partial charge in [-0.2, -0.15) is 13.2 Å². The number of carbonyl (C=O) groups excluding carboxylic acids is 1. The molecule has 0 saturated carbocycles. The number of Topliss-reactive ketones (excluding diaryl/α,β-unsaturated/α-hetero) is 1. The van der Waals surface area contributed by atoms with Crippen LogP contribution in [0.2, 0.25) is 0 Å². The van der Waals surface area contributed by atoms with Crippen LogP contribution in [0, 0.1) is 3.57 Å². The zero-order valence-electron chi connectivity index (χ0n) is 8.57. The molecule has 0 atom stereocenters. The number of hydrogen-bond donors (Lipinski definition) is 0. The maximum absolute atomic E-state index is 12.9. The molecule has 1 rings (SSSR count). The number of alkyl halides is 4. The molecule has 2 nitrogen and oxygen atoms in total. The van der Waals surface area contributed by atoms with Crippen molar-refractivity contribution in [3.8, 4) is 5.75 Å². The number of halogens is 5. The van der Waals surface area contributed by atoms with Crippen molar-refractivity contribution in [1.29, 1.82) is 0 Å². The van der Waals surface area contributed by atoms with Crippen LogP contribution in [0.4, 0.5) is 13.2 Å². The van der Waals surface area contributed by atoms with Crippen molar-refractivity contribution in [1.82, 2.24) is 0 Å². The Morgan fingerprint density at radius 2 is 2.06 bits per heavy atom. The third kappa shape index (κ3) is 3.12. The monoisotopic (exact) mass is 422 g/mol. The molecule has 94 valence electrons. The van der Waals surface area contributed by atoms with E-state index in [0.29, 0.717) is 3.57 Å². The molecular formula is C10H7BrF3IO2. The minimum atomic E-state index is -4.63. The average molecular weight is 423 g/mol. The Balaban J connectivity index is 3.57. The Morgan fingerprint density at radius 3 is 2.47 bits per heavy atom. The molecule has 0 radical (unpaired) electrons. The molecule has 0 spiro atoms. The maximum Gasteiger partial charge on any atom is 0.420 e. The van der Waals surface area contributed by atoms with Gasteiger partial charge in [-0.25, -0.2) is 0 Å². The molecule has 7 heteroatoms. The van der Waals surface area contributed by atoms with Crippen molar-refractivity contribution in [2.75, 3.05) is 12.4 Å². The first kappa shape index (κ1) is 14.7. The van der Waals surface area contributed by atoms with Crippen molar-refractivity contribution in [2.24, 2.45) is 0 Å².